The first kappa shape index (κ1) is 13.0. The van der Waals surface area contributed by atoms with Gasteiger partial charge in [0, 0.05) is 6.42 Å². The molecule has 0 aliphatic carbocycles. The Bertz CT molecular complexity index is 402. The first-order valence-electron chi connectivity index (χ1n) is 5.02. The quantitative estimate of drug-likeness (QED) is 0.865. The third kappa shape index (κ3) is 2.38. The van der Waals surface area contributed by atoms with Crippen LogP contribution in [0.25, 0.3) is 0 Å². The van der Waals surface area contributed by atoms with Crippen LogP contribution in [0.1, 0.15) is 30.4 Å². The number of ether oxygens (including phenoxy) is 1. The highest BCUT2D eigenvalue weighted by Crippen LogP contribution is 2.42. The Morgan fingerprint density at radius 2 is 2.25 bits per heavy atom. The van der Waals surface area contributed by atoms with Crippen molar-refractivity contribution in [2.24, 2.45) is 0 Å². The van der Waals surface area contributed by atoms with E-state index < -0.39 is 0 Å². The predicted molar refractivity (Wildman–Crippen MR) is 66.2 cm³/mol. The summed E-state index contributed by atoms with van der Waals surface area (Å²) < 4.78 is 5.66. The number of benzene rings is 1. The standard InChI is InChI=1S/C12H15BrO3/c1-7(4-5-14)10-8(2)6-9(16-3)12(15)11(10)13/h5-7,15H,4H2,1-3H3. The van der Waals surface area contributed by atoms with E-state index in [-0.39, 0.29) is 11.7 Å². The van der Waals surface area contributed by atoms with E-state index in [0.29, 0.717) is 16.6 Å². The molecule has 0 aromatic heterocycles. The summed E-state index contributed by atoms with van der Waals surface area (Å²) in [4.78, 5) is 10.5. The number of halogens is 1. The summed E-state index contributed by atoms with van der Waals surface area (Å²) in [5.74, 6) is 0.593. The number of methoxy groups -OCH3 is 1. The molecule has 0 spiro atoms. The van der Waals surface area contributed by atoms with Gasteiger partial charge < -0.3 is 14.6 Å². The topological polar surface area (TPSA) is 46.5 Å². The molecule has 0 bridgehead atoms. The molecule has 0 saturated heterocycles. The van der Waals surface area contributed by atoms with Crippen LogP contribution in [0.2, 0.25) is 0 Å². The van der Waals surface area contributed by atoms with Gasteiger partial charge in [-0.3, -0.25) is 0 Å². The Labute approximate surface area is 104 Å². The van der Waals surface area contributed by atoms with Crippen LogP contribution in [-0.4, -0.2) is 18.5 Å². The van der Waals surface area contributed by atoms with Gasteiger partial charge in [-0.25, -0.2) is 0 Å². The molecule has 0 saturated carbocycles. The molecular weight excluding hydrogens is 272 g/mol. The van der Waals surface area contributed by atoms with Crippen molar-refractivity contribution in [2.75, 3.05) is 7.11 Å². The van der Waals surface area contributed by atoms with Crippen molar-refractivity contribution in [1.82, 2.24) is 0 Å². The van der Waals surface area contributed by atoms with Crippen LogP contribution in [0.4, 0.5) is 0 Å². The summed E-state index contributed by atoms with van der Waals surface area (Å²) in [5, 5.41) is 9.86. The minimum Gasteiger partial charge on any atom is -0.503 e. The lowest BCUT2D eigenvalue weighted by Crippen LogP contribution is -2.00. The first-order chi connectivity index (χ1) is 7.52. The van der Waals surface area contributed by atoms with Gasteiger partial charge in [0.15, 0.2) is 11.5 Å². The number of carbonyl (C=O) groups is 1. The number of hydrogen-bond acceptors (Lipinski definition) is 3. The van der Waals surface area contributed by atoms with Crippen LogP contribution in [0.15, 0.2) is 10.5 Å². The Morgan fingerprint density at radius 1 is 1.62 bits per heavy atom. The highest BCUT2D eigenvalue weighted by atomic mass is 79.9. The molecule has 1 aromatic rings. The minimum absolute atomic E-state index is 0.0729. The van der Waals surface area contributed by atoms with Crippen molar-refractivity contribution in [1.29, 1.82) is 0 Å². The van der Waals surface area contributed by atoms with Gasteiger partial charge in [0.1, 0.15) is 6.29 Å². The molecule has 1 unspecified atom stereocenters. The molecule has 3 nitrogen and oxygen atoms in total. The number of carbonyl (C=O) groups excluding carboxylic acids is 1. The van der Waals surface area contributed by atoms with E-state index in [2.05, 4.69) is 15.9 Å². The Hall–Kier alpha value is -1.03. The molecule has 0 fully saturated rings. The first-order valence-corrected chi connectivity index (χ1v) is 5.81. The summed E-state index contributed by atoms with van der Waals surface area (Å²) >= 11 is 3.35. The number of hydrogen-bond donors (Lipinski definition) is 1. The van der Waals surface area contributed by atoms with E-state index in [9.17, 15) is 9.90 Å². The van der Waals surface area contributed by atoms with Gasteiger partial charge in [0.2, 0.25) is 0 Å². The molecule has 1 N–H and O–H groups in total. The molecule has 0 radical (unpaired) electrons. The van der Waals surface area contributed by atoms with Crippen molar-refractivity contribution < 1.29 is 14.6 Å². The average molecular weight is 287 g/mol. The third-order valence-electron chi connectivity index (χ3n) is 2.61. The summed E-state index contributed by atoms with van der Waals surface area (Å²) in [6.45, 7) is 3.89. The molecule has 0 amide bonds. The van der Waals surface area contributed by atoms with Crippen LogP contribution in [-0.2, 0) is 4.79 Å². The minimum atomic E-state index is 0.0729. The van der Waals surface area contributed by atoms with Gasteiger partial charge in [0.05, 0.1) is 11.6 Å². The van der Waals surface area contributed by atoms with E-state index in [1.54, 1.807) is 6.07 Å². The van der Waals surface area contributed by atoms with Gasteiger partial charge in [-0.05, 0) is 46.0 Å². The van der Waals surface area contributed by atoms with Crippen LogP contribution in [0.5, 0.6) is 11.5 Å². The lowest BCUT2D eigenvalue weighted by atomic mass is 9.93. The second-order valence-electron chi connectivity index (χ2n) is 3.78. The van der Waals surface area contributed by atoms with Crippen LogP contribution in [0, 0.1) is 6.92 Å². The van der Waals surface area contributed by atoms with E-state index in [1.807, 2.05) is 13.8 Å². The number of phenolic OH excluding ortho intramolecular Hbond substituents is 1. The van der Waals surface area contributed by atoms with Crippen molar-refractivity contribution in [3.63, 3.8) is 0 Å². The monoisotopic (exact) mass is 286 g/mol. The maximum absolute atomic E-state index is 10.5. The van der Waals surface area contributed by atoms with Gasteiger partial charge in [-0.15, -0.1) is 0 Å². The number of aryl methyl sites for hydroxylation is 1. The molecule has 16 heavy (non-hydrogen) atoms. The van der Waals surface area contributed by atoms with Crippen LogP contribution >= 0.6 is 15.9 Å². The lowest BCUT2D eigenvalue weighted by molar-refractivity contribution is -0.108. The summed E-state index contributed by atoms with van der Waals surface area (Å²) in [6, 6.07) is 1.77. The molecule has 1 rings (SSSR count). The number of aromatic hydroxyl groups is 1. The fraction of sp³-hybridized carbons (Fsp3) is 0.417. The van der Waals surface area contributed by atoms with Crippen molar-refractivity contribution in [3.05, 3.63) is 21.7 Å². The van der Waals surface area contributed by atoms with E-state index in [4.69, 9.17) is 4.74 Å². The fourth-order valence-electron chi connectivity index (χ4n) is 1.77. The van der Waals surface area contributed by atoms with Crippen molar-refractivity contribution in [3.8, 4) is 11.5 Å². The smallest absolute Gasteiger partial charge is 0.172 e. The summed E-state index contributed by atoms with van der Waals surface area (Å²) in [5.41, 5.74) is 1.95. The zero-order chi connectivity index (χ0) is 12.3. The Kier molecular flexibility index (Phi) is 4.35. The van der Waals surface area contributed by atoms with Crippen LogP contribution in [0.3, 0.4) is 0 Å². The van der Waals surface area contributed by atoms with Crippen molar-refractivity contribution in [2.45, 2.75) is 26.2 Å². The van der Waals surface area contributed by atoms with E-state index in [0.717, 1.165) is 17.4 Å². The average Bonchev–Trinajstić information content (AvgIpc) is 2.24. The third-order valence-corrected chi connectivity index (χ3v) is 3.42. The molecule has 1 aromatic carbocycles. The Morgan fingerprint density at radius 3 is 2.75 bits per heavy atom. The maximum atomic E-state index is 10.5. The van der Waals surface area contributed by atoms with Gasteiger partial charge in [0.25, 0.3) is 0 Å². The fourth-order valence-corrected chi connectivity index (χ4v) is 2.67. The molecule has 4 heteroatoms. The van der Waals surface area contributed by atoms with E-state index >= 15 is 0 Å². The molecule has 0 aliphatic heterocycles. The number of aldehydes is 1. The maximum Gasteiger partial charge on any atom is 0.172 e. The normalized spacial score (nSPS) is 12.2. The predicted octanol–water partition coefficient (Wildman–Crippen LogP) is 3.16. The highest BCUT2D eigenvalue weighted by Gasteiger charge is 2.18. The van der Waals surface area contributed by atoms with Gasteiger partial charge in [-0.1, -0.05) is 6.92 Å². The summed E-state index contributed by atoms with van der Waals surface area (Å²) in [6.07, 6.45) is 1.32. The van der Waals surface area contributed by atoms with Gasteiger partial charge >= 0.3 is 0 Å². The number of phenols is 1. The second kappa shape index (κ2) is 5.34. The molecule has 0 aliphatic rings. The lowest BCUT2D eigenvalue weighted by Gasteiger charge is -2.17. The summed E-state index contributed by atoms with van der Waals surface area (Å²) in [7, 11) is 1.51. The molecule has 88 valence electrons. The SMILES string of the molecule is COc1cc(C)c(C(C)CC=O)c(Br)c1O. The van der Waals surface area contributed by atoms with E-state index in [1.165, 1.54) is 7.11 Å². The van der Waals surface area contributed by atoms with Crippen molar-refractivity contribution >= 4 is 22.2 Å². The zero-order valence-corrected chi connectivity index (χ0v) is 11.2. The largest absolute Gasteiger partial charge is 0.503 e. The second-order valence-corrected chi connectivity index (χ2v) is 4.57. The molecule has 0 heterocycles. The Balaban J connectivity index is 3.29. The van der Waals surface area contributed by atoms with Crippen LogP contribution < -0.4 is 4.74 Å². The van der Waals surface area contributed by atoms with Gasteiger partial charge in [-0.2, -0.15) is 0 Å². The zero-order valence-electron chi connectivity index (χ0n) is 9.58. The highest BCUT2D eigenvalue weighted by molar-refractivity contribution is 9.10. The molecular formula is C12H15BrO3. The number of rotatable bonds is 4. The molecule has 1 atom stereocenters.